The Labute approximate surface area is 123 Å². The van der Waals surface area contributed by atoms with Crippen molar-refractivity contribution in [2.45, 2.75) is 31.6 Å². The molecule has 4 rings (SSSR count). The van der Waals surface area contributed by atoms with Gasteiger partial charge in [0.15, 0.2) is 0 Å². The molecule has 2 saturated heterocycles. The van der Waals surface area contributed by atoms with Gasteiger partial charge in [0.1, 0.15) is 0 Å². The summed E-state index contributed by atoms with van der Waals surface area (Å²) in [5.74, 6) is -0.985. The maximum Gasteiger partial charge on any atom is 0.236 e. The summed E-state index contributed by atoms with van der Waals surface area (Å²) in [6.45, 7) is 4.14. The number of carbonyl (C=O) groups is 2. The second-order valence-electron chi connectivity index (χ2n) is 6.51. The molecule has 0 aromatic heterocycles. The van der Waals surface area contributed by atoms with Gasteiger partial charge in [0, 0.05) is 0 Å². The van der Waals surface area contributed by atoms with E-state index >= 15 is 0 Å². The smallest absolute Gasteiger partial charge is 0.236 e. The summed E-state index contributed by atoms with van der Waals surface area (Å²) in [4.78, 5) is 26.9. The molecule has 4 nitrogen and oxygen atoms in total. The molecule has 0 saturated carbocycles. The van der Waals surface area contributed by atoms with Crippen LogP contribution in [0.4, 0.5) is 0 Å². The van der Waals surface area contributed by atoms with E-state index in [1.807, 2.05) is 56.3 Å². The number of nitrogens with zero attached hydrogens (tertiary/aromatic N) is 1. The fourth-order valence-corrected chi connectivity index (χ4v) is 4.01. The highest BCUT2D eigenvalue weighted by molar-refractivity contribution is 6.07. The van der Waals surface area contributed by atoms with E-state index in [-0.39, 0.29) is 23.7 Å². The lowest BCUT2D eigenvalue weighted by Gasteiger charge is -2.25. The molecule has 0 spiro atoms. The molecule has 108 valence electrons. The minimum Gasteiger partial charge on any atom is -0.359 e. The number of hydrogen-bond donors (Lipinski definition) is 0. The molecular weight excluding hydrogens is 266 g/mol. The standard InChI is InChI=1S/C17H17NO3/c1-16-8-9-17(2,21-16)13-12(16)14(19)18(15(13)20)10-11-6-4-3-5-7-11/h3-9,12-13H,10H2,1-2H3/t12-,13-,16-,17+/m1/s1. The number of imide groups is 1. The predicted molar refractivity (Wildman–Crippen MR) is 76.0 cm³/mol. The van der Waals surface area contributed by atoms with Crippen LogP contribution in [0.2, 0.25) is 0 Å². The zero-order chi connectivity index (χ0) is 14.8. The first kappa shape index (κ1) is 12.8. The van der Waals surface area contributed by atoms with Crippen LogP contribution >= 0.6 is 0 Å². The lowest BCUT2D eigenvalue weighted by atomic mass is 9.73. The van der Waals surface area contributed by atoms with Crippen LogP contribution in [0.3, 0.4) is 0 Å². The molecule has 0 N–H and O–H groups in total. The summed E-state index contributed by atoms with van der Waals surface area (Å²) in [6.07, 6.45) is 3.87. The molecule has 0 radical (unpaired) electrons. The monoisotopic (exact) mass is 283 g/mol. The first-order valence-electron chi connectivity index (χ1n) is 7.24. The molecular formula is C17H17NO3. The van der Waals surface area contributed by atoms with Gasteiger partial charge in [0.2, 0.25) is 11.8 Å². The second-order valence-corrected chi connectivity index (χ2v) is 6.51. The number of carbonyl (C=O) groups excluding carboxylic acids is 2. The number of hydrogen-bond acceptors (Lipinski definition) is 3. The summed E-state index contributed by atoms with van der Waals surface area (Å²) >= 11 is 0. The largest absolute Gasteiger partial charge is 0.359 e. The molecule has 0 unspecified atom stereocenters. The Morgan fingerprint density at radius 2 is 1.52 bits per heavy atom. The van der Waals surface area contributed by atoms with Gasteiger partial charge in [-0.2, -0.15) is 0 Å². The SMILES string of the molecule is C[C@]12C=C[C@](C)(O1)[C@H]1C(=O)N(Cc3ccccc3)C(=O)[C@@H]12. The number of ether oxygens (including phenoxy) is 1. The van der Waals surface area contributed by atoms with Gasteiger partial charge >= 0.3 is 0 Å². The van der Waals surface area contributed by atoms with Crippen molar-refractivity contribution < 1.29 is 14.3 Å². The second kappa shape index (κ2) is 3.83. The Morgan fingerprint density at radius 1 is 1.00 bits per heavy atom. The summed E-state index contributed by atoms with van der Waals surface area (Å²) in [5.41, 5.74) is -0.314. The zero-order valence-corrected chi connectivity index (χ0v) is 12.1. The average molecular weight is 283 g/mol. The highest BCUT2D eigenvalue weighted by Gasteiger charge is 2.70. The van der Waals surface area contributed by atoms with Crippen LogP contribution in [0.1, 0.15) is 19.4 Å². The Bertz CT molecular complexity index is 632. The van der Waals surface area contributed by atoms with Gasteiger partial charge in [-0.05, 0) is 19.4 Å². The van der Waals surface area contributed by atoms with Gasteiger partial charge in [-0.25, -0.2) is 0 Å². The first-order valence-corrected chi connectivity index (χ1v) is 7.24. The number of likely N-dealkylation sites (tertiary alicyclic amines) is 1. The normalized spacial score (nSPS) is 40.2. The van der Waals surface area contributed by atoms with Crippen LogP contribution in [0.15, 0.2) is 42.5 Å². The average Bonchev–Trinajstić information content (AvgIpc) is 2.99. The Hall–Kier alpha value is -1.94. The highest BCUT2D eigenvalue weighted by atomic mass is 16.5. The Morgan fingerprint density at radius 3 is 2.05 bits per heavy atom. The Kier molecular flexibility index (Phi) is 2.33. The summed E-state index contributed by atoms with van der Waals surface area (Å²) in [6, 6.07) is 9.62. The maximum absolute atomic E-state index is 12.7. The number of amides is 2. The highest BCUT2D eigenvalue weighted by Crippen LogP contribution is 2.57. The van der Waals surface area contributed by atoms with Crippen LogP contribution in [-0.4, -0.2) is 27.9 Å². The Balaban J connectivity index is 1.69. The molecule has 3 heterocycles. The van der Waals surface area contributed by atoms with E-state index in [1.54, 1.807) is 0 Å². The van der Waals surface area contributed by atoms with Crippen LogP contribution in [0.25, 0.3) is 0 Å². The minimum atomic E-state index is -0.641. The van der Waals surface area contributed by atoms with Crippen LogP contribution in [0, 0.1) is 11.8 Å². The first-order chi connectivity index (χ1) is 9.95. The molecule has 21 heavy (non-hydrogen) atoms. The molecule has 2 amide bonds. The minimum absolute atomic E-state index is 0.107. The van der Waals surface area contributed by atoms with Crippen molar-refractivity contribution in [3.8, 4) is 0 Å². The predicted octanol–water partition coefficient (Wildman–Crippen LogP) is 1.91. The van der Waals surface area contributed by atoms with Crippen molar-refractivity contribution in [1.29, 1.82) is 0 Å². The number of rotatable bonds is 2. The summed E-state index contributed by atoms with van der Waals surface area (Å²) in [5, 5.41) is 0. The zero-order valence-electron chi connectivity index (χ0n) is 12.1. The molecule has 1 aromatic carbocycles. The van der Waals surface area contributed by atoms with Crippen LogP contribution in [-0.2, 0) is 20.9 Å². The van der Waals surface area contributed by atoms with Crippen LogP contribution < -0.4 is 0 Å². The van der Waals surface area contributed by atoms with E-state index in [1.165, 1.54) is 4.90 Å². The third-order valence-corrected chi connectivity index (χ3v) is 5.00. The number of fused-ring (bicyclic) bond motifs is 5. The van der Waals surface area contributed by atoms with Gasteiger partial charge in [-0.3, -0.25) is 14.5 Å². The fraction of sp³-hybridized carbons (Fsp3) is 0.412. The maximum atomic E-state index is 12.7. The van der Waals surface area contributed by atoms with E-state index in [9.17, 15) is 9.59 Å². The van der Waals surface area contributed by atoms with Gasteiger partial charge in [0.05, 0.1) is 29.6 Å². The van der Waals surface area contributed by atoms with Crippen molar-refractivity contribution in [3.05, 3.63) is 48.0 Å². The number of benzene rings is 1. The topological polar surface area (TPSA) is 46.6 Å². The van der Waals surface area contributed by atoms with Gasteiger partial charge in [0.25, 0.3) is 0 Å². The third-order valence-electron chi connectivity index (χ3n) is 5.00. The molecule has 2 bridgehead atoms. The molecule has 2 fully saturated rings. The molecule has 0 aliphatic carbocycles. The molecule has 1 aromatic rings. The van der Waals surface area contributed by atoms with E-state index in [0.717, 1.165) is 5.56 Å². The van der Waals surface area contributed by atoms with Gasteiger partial charge in [-0.1, -0.05) is 42.5 Å². The fourth-order valence-electron chi connectivity index (χ4n) is 4.01. The van der Waals surface area contributed by atoms with E-state index in [0.29, 0.717) is 6.54 Å². The quantitative estimate of drug-likeness (QED) is 0.615. The molecule has 4 atom stereocenters. The van der Waals surface area contributed by atoms with Crippen molar-refractivity contribution in [2.75, 3.05) is 0 Å². The van der Waals surface area contributed by atoms with Crippen molar-refractivity contribution >= 4 is 11.8 Å². The summed E-state index contributed by atoms with van der Waals surface area (Å²) in [7, 11) is 0. The van der Waals surface area contributed by atoms with Gasteiger partial charge in [-0.15, -0.1) is 0 Å². The van der Waals surface area contributed by atoms with E-state index in [2.05, 4.69) is 0 Å². The molecule has 3 aliphatic rings. The molecule has 4 heteroatoms. The van der Waals surface area contributed by atoms with Crippen molar-refractivity contribution in [1.82, 2.24) is 4.90 Å². The summed E-state index contributed by atoms with van der Waals surface area (Å²) < 4.78 is 5.97. The molecule has 3 aliphatic heterocycles. The lowest BCUT2D eigenvalue weighted by Crippen LogP contribution is -2.39. The van der Waals surface area contributed by atoms with E-state index in [4.69, 9.17) is 4.74 Å². The van der Waals surface area contributed by atoms with E-state index < -0.39 is 11.2 Å². The van der Waals surface area contributed by atoms with Crippen molar-refractivity contribution in [2.24, 2.45) is 11.8 Å². The third kappa shape index (κ3) is 1.54. The van der Waals surface area contributed by atoms with Crippen LogP contribution in [0.5, 0.6) is 0 Å². The lowest BCUT2D eigenvalue weighted by molar-refractivity contribution is -0.146. The van der Waals surface area contributed by atoms with Crippen molar-refractivity contribution in [3.63, 3.8) is 0 Å². The van der Waals surface area contributed by atoms with Gasteiger partial charge < -0.3 is 4.74 Å².